The van der Waals surface area contributed by atoms with Gasteiger partial charge in [0, 0.05) is 12.1 Å². The van der Waals surface area contributed by atoms with Crippen LogP contribution in [0.25, 0.3) is 0 Å². The summed E-state index contributed by atoms with van der Waals surface area (Å²) < 4.78 is 12.2. The number of benzene rings is 1. The molecule has 1 saturated carbocycles. The first-order valence-electron chi connectivity index (χ1n) is 7.79. The van der Waals surface area contributed by atoms with Crippen LogP contribution in [0.4, 0.5) is 5.69 Å². The quantitative estimate of drug-likeness (QED) is 0.297. The predicted octanol–water partition coefficient (Wildman–Crippen LogP) is 5.47. The van der Waals surface area contributed by atoms with E-state index >= 15 is 0 Å². The van der Waals surface area contributed by atoms with Gasteiger partial charge in [-0.1, -0.05) is 12.2 Å². The molecule has 0 radical (unpaired) electrons. The fourth-order valence-electron chi connectivity index (χ4n) is 3.18. The maximum atomic E-state index is 10.7. The third-order valence-electron chi connectivity index (χ3n) is 4.71. The van der Waals surface area contributed by atoms with Gasteiger partial charge in [-0.3, -0.25) is 10.1 Å². The molecule has 1 aliphatic heterocycles. The Morgan fingerprint density at radius 2 is 2.21 bits per heavy atom. The van der Waals surface area contributed by atoms with Crippen molar-refractivity contribution >= 4 is 34.6 Å². The molecule has 1 saturated heterocycles. The second-order valence-corrected chi connectivity index (χ2v) is 13.1. The van der Waals surface area contributed by atoms with Crippen molar-refractivity contribution in [1.82, 2.24) is 0 Å². The van der Waals surface area contributed by atoms with Gasteiger partial charge in [-0.15, -0.1) is 0 Å². The third-order valence-corrected chi connectivity index (χ3v) is 10.3. The largest absolute Gasteiger partial charge is 0.436 e. The van der Waals surface area contributed by atoms with Crippen LogP contribution in [0.5, 0.6) is 5.75 Å². The van der Waals surface area contributed by atoms with Gasteiger partial charge in [0.1, 0.15) is 5.75 Å². The Bertz CT molecular complexity index is 723. The van der Waals surface area contributed by atoms with Crippen molar-refractivity contribution < 1.29 is 14.0 Å². The summed E-state index contributed by atoms with van der Waals surface area (Å²) in [5, 5.41) is 10.7. The average Bonchev–Trinajstić information content (AvgIpc) is 2.76. The van der Waals surface area contributed by atoms with Gasteiger partial charge in [-0.25, -0.2) is 0 Å². The number of nitro benzene ring substituents is 1. The molecule has 1 aromatic rings. The molecule has 2 aliphatic rings. The molecule has 0 amide bonds. The summed E-state index contributed by atoms with van der Waals surface area (Å²) in [5.74, 6) is 1.000. The number of rotatable bonds is 4. The Morgan fingerprint density at radius 1 is 1.54 bits per heavy atom. The molecule has 1 aromatic carbocycles. The van der Waals surface area contributed by atoms with Gasteiger partial charge in [0.2, 0.25) is 0 Å². The van der Waals surface area contributed by atoms with E-state index in [0.717, 1.165) is 19.3 Å². The van der Waals surface area contributed by atoms with Crippen LogP contribution in [0.1, 0.15) is 33.1 Å². The minimum Gasteiger partial charge on any atom is -0.436 e. The minimum absolute atomic E-state index is 0.0255. The fourth-order valence-corrected chi connectivity index (χ4v) is 10.4. The summed E-state index contributed by atoms with van der Waals surface area (Å²) >= 11 is 7.33. The van der Waals surface area contributed by atoms with E-state index in [0.29, 0.717) is 11.7 Å². The molecule has 0 N–H and O–H groups in total. The van der Waals surface area contributed by atoms with E-state index in [1.165, 1.54) is 17.7 Å². The standard InChI is InChI=1S/C16H20NO4PS2/c1-11(2)12-8-9-16(3)15(10-12)21-22(23,24-16)20-14-6-4-13(5-7-14)17(18)19/h4-7,12,15H,1,8-10H2,2-3H3/t12-,15-,16+,22?/m1/s1. The fraction of sp³-hybridized carbons (Fsp3) is 0.500. The topological polar surface area (TPSA) is 61.6 Å². The van der Waals surface area contributed by atoms with E-state index in [-0.39, 0.29) is 16.5 Å². The zero-order valence-corrected chi connectivity index (χ0v) is 16.2. The SMILES string of the molecule is C=C(C)[C@@H]1CC[C@]2(C)SP(=S)(Oc3ccc([N+](=O)[O-])cc3)O[C@@H]2C1. The summed E-state index contributed by atoms with van der Waals surface area (Å²) in [7, 11) is 0. The highest BCUT2D eigenvalue weighted by Gasteiger charge is 2.53. The number of nitro groups is 1. The first kappa shape index (κ1) is 17.9. The maximum absolute atomic E-state index is 10.7. The van der Waals surface area contributed by atoms with Crippen LogP contribution < -0.4 is 4.52 Å². The van der Waals surface area contributed by atoms with E-state index in [1.54, 1.807) is 23.5 Å². The van der Waals surface area contributed by atoms with Crippen molar-refractivity contribution in [3.8, 4) is 5.75 Å². The molecule has 1 unspecified atom stereocenters. The lowest BCUT2D eigenvalue weighted by Crippen LogP contribution is -2.39. The lowest BCUT2D eigenvalue weighted by atomic mass is 9.77. The van der Waals surface area contributed by atoms with E-state index in [2.05, 4.69) is 20.4 Å². The Labute approximate surface area is 150 Å². The van der Waals surface area contributed by atoms with E-state index in [1.807, 2.05) is 0 Å². The second kappa shape index (κ2) is 6.45. The van der Waals surface area contributed by atoms with Gasteiger partial charge in [-0.2, -0.15) is 0 Å². The zero-order chi connectivity index (χ0) is 17.5. The summed E-state index contributed by atoms with van der Waals surface area (Å²) in [5.41, 5.74) is -1.28. The molecule has 4 atom stereocenters. The molecule has 1 heterocycles. The molecule has 0 bridgehead atoms. The van der Waals surface area contributed by atoms with Crippen LogP contribution in [0.3, 0.4) is 0 Å². The van der Waals surface area contributed by atoms with Crippen LogP contribution in [0.2, 0.25) is 0 Å². The smallest absolute Gasteiger partial charge is 0.298 e. The van der Waals surface area contributed by atoms with E-state index in [4.69, 9.17) is 20.9 Å². The molecular formula is C16H20NO4PS2. The highest BCUT2D eigenvalue weighted by molar-refractivity contribution is 8.68. The molecule has 0 spiro atoms. The van der Waals surface area contributed by atoms with Crippen LogP contribution >= 0.6 is 17.1 Å². The number of allylic oxidation sites excluding steroid dienone is 1. The van der Waals surface area contributed by atoms with Crippen molar-refractivity contribution in [1.29, 1.82) is 0 Å². The maximum Gasteiger partial charge on any atom is 0.298 e. The second-order valence-electron chi connectivity index (χ2n) is 6.61. The molecule has 130 valence electrons. The highest BCUT2D eigenvalue weighted by Crippen LogP contribution is 2.74. The molecular weight excluding hydrogens is 365 g/mol. The lowest BCUT2D eigenvalue weighted by Gasteiger charge is -2.37. The van der Waals surface area contributed by atoms with Crippen molar-refractivity contribution in [2.45, 2.75) is 44.0 Å². The van der Waals surface area contributed by atoms with Crippen LogP contribution in [0.15, 0.2) is 36.4 Å². The predicted molar refractivity (Wildman–Crippen MR) is 101 cm³/mol. The lowest BCUT2D eigenvalue weighted by molar-refractivity contribution is -0.384. The van der Waals surface area contributed by atoms with Crippen molar-refractivity contribution in [2.75, 3.05) is 0 Å². The Kier molecular flexibility index (Phi) is 4.82. The van der Waals surface area contributed by atoms with Gasteiger partial charge < -0.3 is 9.05 Å². The van der Waals surface area contributed by atoms with Gasteiger partial charge in [0.25, 0.3) is 11.4 Å². The Balaban J connectivity index is 1.74. The van der Waals surface area contributed by atoms with Crippen LogP contribution in [-0.4, -0.2) is 15.8 Å². The monoisotopic (exact) mass is 385 g/mol. The van der Waals surface area contributed by atoms with E-state index in [9.17, 15) is 10.1 Å². The van der Waals surface area contributed by atoms with Gasteiger partial charge in [0.15, 0.2) is 0 Å². The van der Waals surface area contributed by atoms with Crippen LogP contribution in [-0.2, 0) is 16.3 Å². The van der Waals surface area contributed by atoms with Gasteiger partial charge >= 0.3 is 0 Å². The highest BCUT2D eigenvalue weighted by atomic mass is 32.9. The Hall–Kier alpha value is -0.880. The average molecular weight is 385 g/mol. The molecule has 24 heavy (non-hydrogen) atoms. The summed E-state index contributed by atoms with van der Waals surface area (Å²) in [6.07, 6.45) is 3.13. The van der Waals surface area contributed by atoms with E-state index < -0.39 is 10.6 Å². The molecule has 2 fully saturated rings. The first-order chi connectivity index (χ1) is 11.2. The third kappa shape index (κ3) is 3.54. The summed E-state index contributed by atoms with van der Waals surface area (Å²) in [6.45, 7) is 8.34. The molecule has 8 heteroatoms. The summed E-state index contributed by atoms with van der Waals surface area (Å²) in [6, 6.07) is 6.00. The van der Waals surface area contributed by atoms with Gasteiger partial charge in [0.05, 0.1) is 15.8 Å². The number of hydrogen-bond donors (Lipinski definition) is 0. The number of nitrogens with zero attached hydrogens (tertiary/aromatic N) is 1. The van der Waals surface area contributed by atoms with Crippen molar-refractivity contribution in [3.63, 3.8) is 0 Å². The van der Waals surface area contributed by atoms with Crippen molar-refractivity contribution in [2.24, 2.45) is 5.92 Å². The molecule has 5 nitrogen and oxygen atoms in total. The molecule has 1 aliphatic carbocycles. The van der Waals surface area contributed by atoms with Crippen LogP contribution in [0, 0.1) is 16.0 Å². The molecule has 0 aromatic heterocycles. The zero-order valence-electron chi connectivity index (χ0n) is 13.6. The van der Waals surface area contributed by atoms with Crippen molar-refractivity contribution in [3.05, 3.63) is 46.5 Å². The number of non-ortho nitro benzene ring substituents is 1. The first-order valence-corrected chi connectivity index (χ1v) is 11.9. The number of fused-ring (bicyclic) bond motifs is 1. The number of hydrogen-bond acceptors (Lipinski definition) is 6. The molecule has 3 rings (SSSR count). The minimum atomic E-state index is -2.51. The summed E-state index contributed by atoms with van der Waals surface area (Å²) in [4.78, 5) is 10.3. The normalized spacial score (nSPS) is 35.2. The van der Waals surface area contributed by atoms with Gasteiger partial charge in [-0.05, 0) is 74.3 Å². The Morgan fingerprint density at radius 3 is 2.79 bits per heavy atom.